The van der Waals surface area contributed by atoms with Gasteiger partial charge < -0.3 is 5.32 Å². The molecule has 0 fully saturated rings. The second-order valence-electron chi connectivity index (χ2n) is 5.77. The van der Waals surface area contributed by atoms with Crippen LogP contribution >= 0.6 is 0 Å². The molecule has 0 saturated carbocycles. The first-order valence-electron chi connectivity index (χ1n) is 8.56. The van der Waals surface area contributed by atoms with Gasteiger partial charge in [-0.2, -0.15) is 0 Å². The van der Waals surface area contributed by atoms with Crippen LogP contribution < -0.4 is 5.32 Å². The van der Waals surface area contributed by atoms with Crippen molar-refractivity contribution in [3.05, 3.63) is 96.2 Å². The number of hydrogen-bond acceptors (Lipinski definition) is 3. The molecule has 5 heteroatoms. The fraction of sp³-hybridized carbons (Fsp3) is 0.0870. The van der Waals surface area contributed by atoms with Crippen LogP contribution in [0.25, 0.3) is 0 Å². The maximum Gasteiger partial charge on any atom is 0.303 e. The summed E-state index contributed by atoms with van der Waals surface area (Å²) >= 11 is 0. The summed E-state index contributed by atoms with van der Waals surface area (Å²) in [4.78, 5) is 37.7. The fourth-order valence-corrected chi connectivity index (χ4v) is 2.70. The standard InChI is InChI=1S/C23H20N2O3/c1-3-20(15-16-26)25(21(27)4-2)22(19-13-9-6-10-14-19)23(28)24-17-18-11-7-5-8-12-18/h2-3,5-16,22H,1,17H2,(H,24,28)/b20-15+. The Balaban J connectivity index is 2.44. The third kappa shape index (κ3) is 5.05. The lowest BCUT2D eigenvalue weighted by atomic mass is 10.0. The van der Waals surface area contributed by atoms with Gasteiger partial charge >= 0.3 is 5.91 Å². The zero-order chi connectivity index (χ0) is 20.4. The number of amides is 2. The Bertz CT molecular complexity index is 912. The van der Waals surface area contributed by atoms with Crippen molar-refractivity contribution < 1.29 is 14.4 Å². The Morgan fingerprint density at radius 1 is 1.11 bits per heavy atom. The predicted octanol–water partition coefficient (Wildman–Crippen LogP) is 2.77. The summed E-state index contributed by atoms with van der Waals surface area (Å²) < 4.78 is 0. The third-order valence-corrected chi connectivity index (χ3v) is 4.00. The third-order valence-electron chi connectivity index (χ3n) is 4.00. The van der Waals surface area contributed by atoms with E-state index in [-0.39, 0.29) is 12.2 Å². The summed E-state index contributed by atoms with van der Waals surface area (Å²) in [5.74, 6) is 0.834. The van der Waals surface area contributed by atoms with Crippen LogP contribution in [0.4, 0.5) is 0 Å². The molecule has 140 valence electrons. The molecule has 2 amide bonds. The topological polar surface area (TPSA) is 66.5 Å². The van der Waals surface area contributed by atoms with Gasteiger partial charge in [0.15, 0.2) is 0 Å². The number of nitrogens with zero attached hydrogens (tertiary/aromatic N) is 1. The van der Waals surface area contributed by atoms with Crippen molar-refractivity contribution in [1.29, 1.82) is 0 Å². The average molecular weight is 372 g/mol. The molecule has 0 radical (unpaired) electrons. The van der Waals surface area contributed by atoms with Crippen molar-refractivity contribution in [3.8, 4) is 12.3 Å². The van der Waals surface area contributed by atoms with Crippen LogP contribution in [0.3, 0.4) is 0 Å². The van der Waals surface area contributed by atoms with E-state index in [1.165, 1.54) is 6.08 Å². The number of aldehydes is 1. The summed E-state index contributed by atoms with van der Waals surface area (Å²) in [5.41, 5.74) is 1.60. The SMILES string of the molecule is C#CC(=O)N(/C(C=C)=C/C=O)C(C(=O)NCc1ccccc1)c1ccccc1. The number of rotatable bonds is 8. The van der Waals surface area contributed by atoms with Gasteiger partial charge in [0.05, 0.1) is 0 Å². The molecule has 5 nitrogen and oxygen atoms in total. The van der Waals surface area contributed by atoms with Crippen LogP contribution in [0.15, 0.2) is 85.1 Å². The van der Waals surface area contributed by atoms with Gasteiger partial charge in [0.25, 0.3) is 0 Å². The zero-order valence-electron chi connectivity index (χ0n) is 15.2. The minimum Gasteiger partial charge on any atom is -0.350 e. The number of allylic oxidation sites excluding steroid dienone is 2. The highest BCUT2D eigenvalue weighted by molar-refractivity contribution is 5.99. The van der Waals surface area contributed by atoms with Gasteiger partial charge in [-0.3, -0.25) is 19.3 Å². The van der Waals surface area contributed by atoms with Crippen LogP contribution in [0.5, 0.6) is 0 Å². The van der Waals surface area contributed by atoms with E-state index in [0.717, 1.165) is 16.5 Å². The van der Waals surface area contributed by atoms with Crippen molar-refractivity contribution in [2.45, 2.75) is 12.6 Å². The van der Waals surface area contributed by atoms with Crippen LogP contribution in [0.2, 0.25) is 0 Å². The van der Waals surface area contributed by atoms with E-state index >= 15 is 0 Å². The summed E-state index contributed by atoms with van der Waals surface area (Å²) in [6.45, 7) is 3.90. The molecule has 0 heterocycles. The van der Waals surface area contributed by atoms with Gasteiger partial charge in [-0.25, -0.2) is 0 Å². The van der Waals surface area contributed by atoms with Gasteiger partial charge in [0.2, 0.25) is 5.91 Å². The Morgan fingerprint density at radius 3 is 2.25 bits per heavy atom. The second kappa shape index (κ2) is 10.3. The highest BCUT2D eigenvalue weighted by atomic mass is 16.2. The molecule has 0 bridgehead atoms. The maximum atomic E-state index is 13.1. The lowest BCUT2D eigenvalue weighted by Crippen LogP contribution is -2.42. The number of terminal acetylenes is 1. The lowest BCUT2D eigenvalue weighted by molar-refractivity contribution is -0.134. The minimum atomic E-state index is -1.06. The molecular weight excluding hydrogens is 352 g/mol. The van der Waals surface area contributed by atoms with E-state index < -0.39 is 17.9 Å². The molecule has 0 saturated heterocycles. The number of benzene rings is 2. The van der Waals surface area contributed by atoms with Gasteiger partial charge in [-0.1, -0.05) is 67.2 Å². The molecule has 0 aromatic heterocycles. The van der Waals surface area contributed by atoms with Gasteiger partial charge in [0.1, 0.15) is 12.3 Å². The monoisotopic (exact) mass is 372 g/mol. The molecule has 2 aromatic rings. The van der Waals surface area contributed by atoms with Crippen molar-refractivity contribution in [3.63, 3.8) is 0 Å². The quantitative estimate of drug-likeness (QED) is 0.335. The summed E-state index contributed by atoms with van der Waals surface area (Å²) in [7, 11) is 0. The Morgan fingerprint density at radius 2 is 1.71 bits per heavy atom. The van der Waals surface area contributed by atoms with E-state index in [1.54, 1.807) is 30.3 Å². The van der Waals surface area contributed by atoms with E-state index in [4.69, 9.17) is 6.42 Å². The van der Waals surface area contributed by atoms with Gasteiger partial charge in [-0.05, 0) is 23.1 Å². The molecule has 1 unspecified atom stereocenters. The number of hydrogen-bond donors (Lipinski definition) is 1. The maximum absolute atomic E-state index is 13.1. The van der Waals surface area contributed by atoms with Crippen LogP contribution in [0.1, 0.15) is 17.2 Å². The molecule has 1 N–H and O–H groups in total. The Labute approximate surface area is 164 Å². The van der Waals surface area contributed by atoms with E-state index in [2.05, 4.69) is 11.9 Å². The van der Waals surface area contributed by atoms with Crippen molar-refractivity contribution in [2.75, 3.05) is 0 Å². The molecule has 2 aromatic carbocycles. The van der Waals surface area contributed by atoms with Gasteiger partial charge in [0, 0.05) is 18.3 Å². The van der Waals surface area contributed by atoms with Crippen molar-refractivity contribution >= 4 is 18.1 Å². The molecule has 0 aliphatic rings. The van der Waals surface area contributed by atoms with Crippen LogP contribution in [0, 0.1) is 12.3 Å². The first kappa shape index (κ1) is 20.4. The predicted molar refractivity (Wildman–Crippen MR) is 107 cm³/mol. The second-order valence-corrected chi connectivity index (χ2v) is 5.77. The normalized spacial score (nSPS) is 11.6. The lowest BCUT2D eigenvalue weighted by Gasteiger charge is -2.30. The highest BCUT2D eigenvalue weighted by Crippen LogP contribution is 2.26. The molecule has 0 aliphatic carbocycles. The number of nitrogens with one attached hydrogen (secondary N) is 1. The number of carbonyl (C=O) groups excluding carboxylic acids is 3. The van der Waals surface area contributed by atoms with E-state index in [1.807, 2.05) is 36.3 Å². The molecule has 2 rings (SSSR count). The van der Waals surface area contributed by atoms with Crippen molar-refractivity contribution in [1.82, 2.24) is 10.2 Å². The molecule has 0 spiro atoms. The van der Waals surface area contributed by atoms with E-state index in [0.29, 0.717) is 11.8 Å². The minimum absolute atomic E-state index is 0.140. The van der Waals surface area contributed by atoms with E-state index in [9.17, 15) is 14.4 Å². The Hall–Kier alpha value is -3.91. The zero-order valence-corrected chi connectivity index (χ0v) is 15.2. The van der Waals surface area contributed by atoms with Gasteiger partial charge in [-0.15, -0.1) is 6.42 Å². The first-order chi connectivity index (χ1) is 13.6. The summed E-state index contributed by atoms with van der Waals surface area (Å²) in [5, 5.41) is 2.83. The van der Waals surface area contributed by atoms with Crippen LogP contribution in [-0.4, -0.2) is 23.0 Å². The van der Waals surface area contributed by atoms with Crippen molar-refractivity contribution in [2.24, 2.45) is 0 Å². The highest BCUT2D eigenvalue weighted by Gasteiger charge is 2.32. The molecule has 1 atom stereocenters. The summed E-state index contributed by atoms with van der Waals surface area (Å²) in [6, 6.07) is 17.0. The smallest absolute Gasteiger partial charge is 0.303 e. The first-order valence-corrected chi connectivity index (χ1v) is 8.56. The summed E-state index contributed by atoms with van der Waals surface area (Å²) in [6.07, 6.45) is 8.28. The average Bonchev–Trinajstić information content (AvgIpc) is 2.75. The number of carbonyl (C=O) groups is 3. The molecule has 0 aliphatic heterocycles. The molecular formula is C23H20N2O3. The Kier molecular flexibility index (Phi) is 7.50. The van der Waals surface area contributed by atoms with Crippen LogP contribution in [-0.2, 0) is 20.9 Å². The fourth-order valence-electron chi connectivity index (χ4n) is 2.70. The largest absolute Gasteiger partial charge is 0.350 e. The molecule has 28 heavy (non-hydrogen) atoms.